The zero-order valence-corrected chi connectivity index (χ0v) is 15.6. The number of carbonyl (C=O) groups is 1. The average molecular weight is 380 g/mol. The Morgan fingerprint density at radius 2 is 1.89 bits per heavy atom. The summed E-state index contributed by atoms with van der Waals surface area (Å²) >= 11 is 0. The van der Waals surface area contributed by atoms with Gasteiger partial charge in [-0.3, -0.25) is 5.10 Å². The van der Waals surface area contributed by atoms with E-state index >= 15 is 0 Å². The Bertz CT molecular complexity index is 992. The minimum atomic E-state index is -0.422. The molecule has 0 radical (unpaired) electrons. The zero-order valence-electron chi connectivity index (χ0n) is 15.6. The van der Waals surface area contributed by atoms with Gasteiger partial charge >= 0.3 is 5.97 Å². The summed E-state index contributed by atoms with van der Waals surface area (Å²) in [6.07, 6.45) is 1.51. The number of carbonyl (C=O) groups excluding carboxylic acids is 1. The van der Waals surface area contributed by atoms with Gasteiger partial charge in [-0.05, 0) is 48.9 Å². The summed E-state index contributed by atoms with van der Waals surface area (Å²) in [5, 5.41) is 17.2. The first-order valence-corrected chi connectivity index (χ1v) is 8.48. The largest absolute Gasteiger partial charge is 0.507 e. The van der Waals surface area contributed by atoms with Crippen LogP contribution in [0.3, 0.4) is 0 Å². The van der Waals surface area contributed by atoms with Gasteiger partial charge in [0.2, 0.25) is 0 Å². The number of benzene rings is 2. The topological polar surface area (TPSA) is 93.7 Å². The van der Waals surface area contributed by atoms with Gasteiger partial charge in [-0.15, -0.1) is 0 Å². The third-order valence-corrected chi connectivity index (χ3v) is 3.83. The van der Waals surface area contributed by atoms with Gasteiger partial charge < -0.3 is 19.3 Å². The van der Waals surface area contributed by atoms with Crippen molar-refractivity contribution in [3.8, 4) is 34.3 Å². The van der Waals surface area contributed by atoms with Crippen LogP contribution in [0.5, 0.6) is 23.0 Å². The van der Waals surface area contributed by atoms with E-state index in [0.717, 1.165) is 5.57 Å². The molecule has 0 saturated heterocycles. The minimum absolute atomic E-state index is 0.0226. The molecule has 3 rings (SSSR count). The van der Waals surface area contributed by atoms with Crippen molar-refractivity contribution in [1.29, 1.82) is 0 Å². The molecule has 0 aliphatic heterocycles. The second kappa shape index (κ2) is 8.30. The van der Waals surface area contributed by atoms with Crippen molar-refractivity contribution in [2.45, 2.75) is 6.92 Å². The molecule has 2 N–H and O–H groups in total. The molecule has 3 aromatic rings. The molecule has 0 atom stereocenters. The Morgan fingerprint density at radius 1 is 1.18 bits per heavy atom. The van der Waals surface area contributed by atoms with Gasteiger partial charge in [0.05, 0.1) is 18.9 Å². The molecule has 1 aromatic heterocycles. The maximum Gasteiger partial charge on any atom is 0.337 e. The number of ether oxygens (including phenoxy) is 3. The number of hydrogen-bond donors (Lipinski definition) is 2. The number of aromatic nitrogens is 2. The van der Waals surface area contributed by atoms with Crippen molar-refractivity contribution >= 4 is 5.97 Å². The second-order valence-electron chi connectivity index (χ2n) is 6.15. The normalized spacial score (nSPS) is 10.4. The summed E-state index contributed by atoms with van der Waals surface area (Å²) in [5.74, 6) is 1.07. The lowest BCUT2D eigenvalue weighted by molar-refractivity contribution is 0.0600. The third-order valence-electron chi connectivity index (χ3n) is 3.83. The molecule has 0 bridgehead atoms. The molecule has 0 amide bonds. The second-order valence-corrected chi connectivity index (χ2v) is 6.15. The Balaban J connectivity index is 1.80. The number of rotatable bonds is 7. The first kappa shape index (κ1) is 19.0. The van der Waals surface area contributed by atoms with Crippen molar-refractivity contribution in [2.75, 3.05) is 13.7 Å². The van der Waals surface area contributed by atoms with E-state index in [1.165, 1.54) is 19.4 Å². The Hall–Kier alpha value is -3.74. The molecule has 144 valence electrons. The number of methoxy groups -OCH3 is 1. The van der Waals surface area contributed by atoms with Crippen LogP contribution in [0.25, 0.3) is 11.3 Å². The standard InChI is InChI=1S/C21H20N2O5/c1-13(2)12-27-16-8-9-17(18(24)10-16)20-19(11-22-23-20)28-15-6-4-14(5-7-15)21(25)26-3/h4-11,24H,1,12H2,2-3H3,(H,22,23). The Labute approximate surface area is 162 Å². The highest BCUT2D eigenvalue weighted by atomic mass is 16.5. The highest BCUT2D eigenvalue weighted by Gasteiger charge is 2.15. The highest BCUT2D eigenvalue weighted by molar-refractivity contribution is 5.89. The number of phenolic OH excluding ortho intramolecular Hbond substituents is 1. The predicted molar refractivity (Wildman–Crippen MR) is 104 cm³/mol. The Kier molecular flexibility index (Phi) is 5.64. The molecule has 2 aromatic carbocycles. The third kappa shape index (κ3) is 4.32. The van der Waals surface area contributed by atoms with Crippen LogP contribution in [0.4, 0.5) is 0 Å². The first-order chi connectivity index (χ1) is 13.5. The van der Waals surface area contributed by atoms with Crippen molar-refractivity contribution in [3.05, 3.63) is 66.4 Å². The lowest BCUT2D eigenvalue weighted by atomic mass is 10.1. The number of aromatic amines is 1. The zero-order chi connectivity index (χ0) is 20.1. The number of H-pyrrole nitrogens is 1. The summed E-state index contributed by atoms with van der Waals surface area (Å²) < 4.78 is 16.0. The molecule has 7 heteroatoms. The number of nitrogens with one attached hydrogen (secondary N) is 1. The monoisotopic (exact) mass is 380 g/mol. The summed E-state index contributed by atoms with van der Waals surface area (Å²) in [4.78, 5) is 11.5. The van der Waals surface area contributed by atoms with E-state index in [1.807, 2.05) is 6.92 Å². The van der Waals surface area contributed by atoms with Crippen LogP contribution < -0.4 is 9.47 Å². The molecule has 0 aliphatic carbocycles. The van der Waals surface area contributed by atoms with Gasteiger partial charge in [0, 0.05) is 11.6 Å². The summed E-state index contributed by atoms with van der Waals surface area (Å²) in [5.41, 5.74) is 2.33. The van der Waals surface area contributed by atoms with E-state index in [-0.39, 0.29) is 5.75 Å². The van der Waals surface area contributed by atoms with Crippen LogP contribution in [-0.2, 0) is 4.74 Å². The molecule has 1 heterocycles. The quantitative estimate of drug-likeness (QED) is 0.468. The van der Waals surface area contributed by atoms with Crippen LogP contribution >= 0.6 is 0 Å². The Morgan fingerprint density at radius 3 is 2.54 bits per heavy atom. The molecular weight excluding hydrogens is 360 g/mol. The van der Waals surface area contributed by atoms with Crippen molar-refractivity contribution in [1.82, 2.24) is 10.2 Å². The molecular formula is C21H20N2O5. The number of nitrogens with zero attached hydrogens (tertiary/aromatic N) is 1. The minimum Gasteiger partial charge on any atom is -0.507 e. The maximum absolute atomic E-state index is 11.5. The number of phenols is 1. The number of hydrogen-bond acceptors (Lipinski definition) is 6. The predicted octanol–water partition coefficient (Wildman–Crippen LogP) is 4.32. The SMILES string of the molecule is C=C(C)COc1ccc(-c2[nH]ncc2Oc2ccc(C(=O)OC)cc2)c(O)c1. The fourth-order valence-electron chi connectivity index (χ4n) is 2.47. The molecule has 0 fully saturated rings. The van der Waals surface area contributed by atoms with Gasteiger partial charge in [0.1, 0.15) is 29.5 Å². The van der Waals surface area contributed by atoms with E-state index in [2.05, 4.69) is 21.5 Å². The van der Waals surface area contributed by atoms with E-state index in [0.29, 0.717) is 40.7 Å². The van der Waals surface area contributed by atoms with Crippen LogP contribution in [0.2, 0.25) is 0 Å². The number of esters is 1. The highest BCUT2D eigenvalue weighted by Crippen LogP contribution is 2.38. The number of aromatic hydroxyl groups is 1. The molecule has 0 unspecified atom stereocenters. The van der Waals surface area contributed by atoms with E-state index in [4.69, 9.17) is 9.47 Å². The van der Waals surface area contributed by atoms with Crippen LogP contribution in [0.1, 0.15) is 17.3 Å². The van der Waals surface area contributed by atoms with Gasteiger partial charge in [-0.2, -0.15) is 5.10 Å². The van der Waals surface area contributed by atoms with Crippen LogP contribution in [-0.4, -0.2) is 35.0 Å². The molecule has 0 aliphatic rings. The van der Waals surface area contributed by atoms with Gasteiger partial charge in [0.25, 0.3) is 0 Å². The fraction of sp³-hybridized carbons (Fsp3) is 0.143. The lowest BCUT2D eigenvalue weighted by Crippen LogP contribution is -2.00. The lowest BCUT2D eigenvalue weighted by Gasteiger charge is -2.10. The summed E-state index contributed by atoms with van der Waals surface area (Å²) in [6.45, 7) is 6.01. The van der Waals surface area contributed by atoms with E-state index in [1.54, 1.807) is 36.4 Å². The molecule has 0 saturated carbocycles. The van der Waals surface area contributed by atoms with Gasteiger partial charge in [-0.25, -0.2) is 4.79 Å². The van der Waals surface area contributed by atoms with Crippen molar-refractivity contribution in [3.63, 3.8) is 0 Å². The smallest absolute Gasteiger partial charge is 0.337 e. The van der Waals surface area contributed by atoms with E-state index in [9.17, 15) is 9.90 Å². The molecule has 7 nitrogen and oxygen atoms in total. The van der Waals surface area contributed by atoms with Crippen molar-refractivity contribution in [2.24, 2.45) is 0 Å². The van der Waals surface area contributed by atoms with Gasteiger partial charge in [-0.1, -0.05) is 6.58 Å². The first-order valence-electron chi connectivity index (χ1n) is 8.48. The maximum atomic E-state index is 11.5. The van der Waals surface area contributed by atoms with Crippen LogP contribution in [0, 0.1) is 0 Å². The fourth-order valence-corrected chi connectivity index (χ4v) is 2.47. The summed E-state index contributed by atoms with van der Waals surface area (Å²) in [6, 6.07) is 11.5. The summed E-state index contributed by atoms with van der Waals surface area (Å²) in [7, 11) is 1.33. The molecule has 28 heavy (non-hydrogen) atoms. The molecule has 0 spiro atoms. The van der Waals surface area contributed by atoms with E-state index < -0.39 is 5.97 Å². The average Bonchev–Trinajstić information content (AvgIpc) is 3.14. The van der Waals surface area contributed by atoms with Crippen LogP contribution in [0.15, 0.2) is 60.8 Å². The van der Waals surface area contributed by atoms with Gasteiger partial charge in [0.15, 0.2) is 5.75 Å². The van der Waals surface area contributed by atoms with Crippen molar-refractivity contribution < 1.29 is 24.1 Å².